The maximum absolute atomic E-state index is 6.16. The third-order valence-corrected chi connectivity index (χ3v) is 10.5. The van der Waals surface area contributed by atoms with E-state index in [1.807, 2.05) is 48.5 Å². The van der Waals surface area contributed by atoms with Crippen LogP contribution in [0.1, 0.15) is 0 Å². The van der Waals surface area contributed by atoms with E-state index in [1.165, 1.54) is 32.3 Å². The molecule has 0 unspecified atom stereocenters. The number of para-hydroxylation sites is 1. The molecular weight excluding hydrogens is 647 g/mol. The van der Waals surface area contributed by atoms with Crippen LogP contribution < -0.4 is 0 Å². The lowest BCUT2D eigenvalue weighted by Gasteiger charge is -2.16. The average molecular weight is 676 g/mol. The maximum atomic E-state index is 6.16. The van der Waals surface area contributed by atoms with Crippen molar-refractivity contribution in [3.8, 4) is 45.3 Å². The Hall–Kier alpha value is -7.17. The van der Waals surface area contributed by atoms with Crippen LogP contribution in [0.5, 0.6) is 0 Å². The van der Waals surface area contributed by atoms with Crippen molar-refractivity contribution in [1.29, 1.82) is 0 Å². The monoisotopic (exact) mass is 675 g/mol. The summed E-state index contributed by atoms with van der Waals surface area (Å²) in [5, 5.41) is 11.8. The molecule has 0 saturated carbocycles. The molecule has 0 N–H and O–H groups in total. The van der Waals surface area contributed by atoms with Gasteiger partial charge in [0.15, 0.2) is 17.5 Å². The Morgan fingerprint density at radius 3 is 1.72 bits per heavy atom. The lowest BCUT2D eigenvalue weighted by Crippen LogP contribution is -2.01. The van der Waals surface area contributed by atoms with E-state index in [0.717, 1.165) is 60.5 Å². The number of hydrogen-bond donors (Lipinski definition) is 0. The lowest BCUT2D eigenvalue weighted by molar-refractivity contribution is 0.669. The number of rotatable bonds is 4. The summed E-state index contributed by atoms with van der Waals surface area (Å²) in [6.07, 6.45) is 0. The van der Waals surface area contributed by atoms with Gasteiger partial charge in [0.2, 0.25) is 0 Å². The van der Waals surface area contributed by atoms with Crippen molar-refractivity contribution in [2.45, 2.75) is 0 Å². The van der Waals surface area contributed by atoms with Gasteiger partial charge < -0.3 is 4.42 Å². The molecule has 11 rings (SSSR count). The van der Waals surface area contributed by atoms with Gasteiger partial charge in [-0.05, 0) is 90.6 Å². The quantitative estimate of drug-likeness (QED) is 0.174. The Morgan fingerprint density at radius 1 is 0.283 bits per heavy atom. The van der Waals surface area contributed by atoms with Crippen LogP contribution in [0.3, 0.4) is 0 Å². The van der Waals surface area contributed by atoms with Crippen LogP contribution in [0.15, 0.2) is 180 Å². The molecule has 2 heterocycles. The van der Waals surface area contributed by atoms with Crippen LogP contribution in [0.2, 0.25) is 0 Å². The van der Waals surface area contributed by atoms with E-state index in [-0.39, 0.29) is 0 Å². The largest absolute Gasteiger partial charge is 0.456 e. The standard InChI is InChI=1S/C49H29N3O/c1-2-12-31(13-3-1)47-50-48(34-22-26-46-43(29-34)41-17-8-9-20-45(41)53-46)52-49(51-47)44-28-33-15-5-4-14-32(33)27-42(44)37-19-10-18-36-39-23-21-30-11-6-7-16-35(30)38(39)24-25-40(36)37/h1-29H. The predicted octanol–water partition coefficient (Wildman–Crippen LogP) is 13.1. The van der Waals surface area contributed by atoms with Crippen molar-refractivity contribution in [3.63, 3.8) is 0 Å². The molecule has 11 aromatic rings. The number of aromatic nitrogens is 3. The number of fused-ring (bicyclic) bond motifs is 9. The molecule has 246 valence electrons. The van der Waals surface area contributed by atoms with Crippen LogP contribution in [-0.4, -0.2) is 15.0 Å². The van der Waals surface area contributed by atoms with Gasteiger partial charge >= 0.3 is 0 Å². The molecule has 0 amide bonds. The van der Waals surface area contributed by atoms with Crippen molar-refractivity contribution in [1.82, 2.24) is 15.0 Å². The second-order valence-electron chi connectivity index (χ2n) is 13.6. The SMILES string of the molecule is c1ccc(-c2nc(-c3ccc4oc5ccccc5c4c3)nc(-c3cc4ccccc4cc3-c3cccc4c3ccc3c5ccccc5ccc43)n2)cc1. The predicted molar refractivity (Wildman–Crippen MR) is 219 cm³/mol. The van der Waals surface area contributed by atoms with Crippen molar-refractivity contribution in [2.75, 3.05) is 0 Å². The minimum atomic E-state index is 0.607. The molecule has 0 fully saturated rings. The Labute approximate surface area is 304 Å². The second-order valence-corrected chi connectivity index (χ2v) is 13.6. The van der Waals surface area contributed by atoms with Gasteiger partial charge in [0.05, 0.1) is 0 Å². The highest BCUT2D eigenvalue weighted by molar-refractivity contribution is 6.20. The minimum Gasteiger partial charge on any atom is -0.456 e. The van der Waals surface area contributed by atoms with E-state index < -0.39 is 0 Å². The van der Waals surface area contributed by atoms with Gasteiger partial charge in [0, 0.05) is 27.5 Å². The highest BCUT2D eigenvalue weighted by Crippen LogP contribution is 2.41. The van der Waals surface area contributed by atoms with Gasteiger partial charge in [0.25, 0.3) is 0 Å². The van der Waals surface area contributed by atoms with Crippen LogP contribution in [0, 0.1) is 0 Å². The molecule has 0 spiro atoms. The molecule has 0 radical (unpaired) electrons. The van der Waals surface area contributed by atoms with E-state index in [9.17, 15) is 0 Å². The lowest BCUT2D eigenvalue weighted by atomic mass is 9.89. The number of nitrogens with zero attached hydrogens (tertiary/aromatic N) is 3. The van der Waals surface area contributed by atoms with Gasteiger partial charge in [-0.15, -0.1) is 0 Å². The zero-order chi connectivity index (χ0) is 34.9. The third-order valence-electron chi connectivity index (χ3n) is 10.5. The Morgan fingerprint density at radius 2 is 0.868 bits per heavy atom. The van der Waals surface area contributed by atoms with E-state index in [0.29, 0.717) is 17.5 Å². The van der Waals surface area contributed by atoms with E-state index in [2.05, 4.69) is 127 Å². The molecule has 4 heteroatoms. The molecule has 9 aromatic carbocycles. The molecule has 0 saturated heterocycles. The van der Waals surface area contributed by atoms with Crippen LogP contribution in [0.4, 0.5) is 0 Å². The molecule has 2 aromatic heterocycles. The Kier molecular flexibility index (Phi) is 6.52. The Bertz CT molecular complexity index is 3240. The molecule has 0 aliphatic heterocycles. The number of benzene rings is 9. The normalized spacial score (nSPS) is 11.8. The minimum absolute atomic E-state index is 0.607. The van der Waals surface area contributed by atoms with Crippen molar-refractivity contribution >= 4 is 65.0 Å². The zero-order valence-electron chi connectivity index (χ0n) is 28.5. The van der Waals surface area contributed by atoms with Crippen molar-refractivity contribution in [3.05, 3.63) is 176 Å². The van der Waals surface area contributed by atoms with Gasteiger partial charge in [-0.1, -0.05) is 140 Å². The topological polar surface area (TPSA) is 51.8 Å². The fourth-order valence-corrected chi connectivity index (χ4v) is 7.95. The van der Waals surface area contributed by atoms with Gasteiger partial charge in [0.1, 0.15) is 11.2 Å². The molecule has 4 nitrogen and oxygen atoms in total. The molecule has 53 heavy (non-hydrogen) atoms. The summed E-state index contributed by atoms with van der Waals surface area (Å²) in [6.45, 7) is 0. The summed E-state index contributed by atoms with van der Waals surface area (Å²) >= 11 is 0. The molecule has 0 aliphatic carbocycles. The summed E-state index contributed by atoms with van der Waals surface area (Å²) in [5.41, 5.74) is 6.67. The smallest absolute Gasteiger partial charge is 0.164 e. The maximum Gasteiger partial charge on any atom is 0.164 e. The summed E-state index contributed by atoms with van der Waals surface area (Å²) in [4.78, 5) is 15.6. The Balaban J connectivity index is 1.18. The summed E-state index contributed by atoms with van der Waals surface area (Å²) in [6, 6.07) is 61.8. The number of furan rings is 1. The van der Waals surface area contributed by atoms with E-state index >= 15 is 0 Å². The molecule has 0 aliphatic rings. The summed E-state index contributed by atoms with van der Waals surface area (Å²) in [7, 11) is 0. The third kappa shape index (κ3) is 4.80. The fraction of sp³-hybridized carbons (Fsp3) is 0. The zero-order valence-corrected chi connectivity index (χ0v) is 28.5. The van der Waals surface area contributed by atoms with Crippen LogP contribution in [-0.2, 0) is 0 Å². The van der Waals surface area contributed by atoms with E-state index in [1.54, 1.807) is 0 Å². The highest BCUT2D eigenvalue weighted by Gasteiger charge is 2.19. The van der Waals surface area contributed by atoms with Crippen LogP contribution >= 0.6 is 0 Å². The summed E-state index contributed by atoms with van der Waals surface area (Å²) in [5.74, 6) is 1.85. The molecule has 0 bridgehead atoms. The highest BCUT2D eigenvalue weighted by atomic mass is 16.3. The first-order valence-electron chi connectivity index (χ1n) is 17.9. The van der Waals surface area contributed by atoms with Gasteiger partial charge in [-0.3, -0.25) is 0 Å². The first-order chi connectivity index (χ1) is 26.2. The fourth-order valence-electron chi connectivity index (χ4n) is 7.95. The first kappa shape index (κ1) is 29.5. The van der Waals surface area contributed by atoms with Crippen molar-refractivity contribution in [2.24, 2.45) is 0 Å². The first-order valence-corrected chi connectivity index (χ1v) is 17.9. The number of hydrogen-bond acceptors (Lipinski definition) is 4. The molecule has 0 atom stereocenters. The van der Waals surface area contributed by atoms with Crippen molar-refractivity contribution < 1.29 is 4.42 Å². The second kappa shape index (κ2) is 11.7. The van der Waals surface area contributed by atoms with E-state index in [4.69, 9.17) is 19.4 Å². The van der Waals surface area contributed by atoms with Crippen LogP contribution in [0.25, 0.3) is 110 Å². The average Bonchev–Trinajstić information content (AvgIpc) is 3.61. The summed E-state index contributed by atoms with van der Waals surface area (Å²) < 4.78 is 6.16. The molecular formula is C49H29N3O. The van der Waals surface area contributed by atoms with Gasteiger partial charge in [-0.2, -0.15) is 0 Å². The van der Waals surface area contributed by atoms with Gasteiger partial charge in [-0.25, -0.2) is 15.0 Å².